The van der Waals surface area contributed by atoms with E-state index in [-0.39, 0.29) is 17.3 Å². The van der Waals surface area contributed by atoms with Crippen molar-refractivity contribution in [1.82, 2.24) is 14.4 Å². The number of hydrogen-bond acceptors (Lipinski definition) is 8. The predicted molar refractivity (Wildman–Crippen MR) is 222 cm³/mol. The van der Waals surface area contributed by atoms with Crippen molar-refractivity contribution < 1.29 is 27.4 Å². The summed E-state index contributed by atoms with van der Waals surface area (Å²) in [7, 11) is -0.953. The molecule has 7 rings (SSSR count). The number of pyridine rings is 1. The molecule has 0 atom stereocenters. The number of hydrazone groups is 1. The average Bonchev–Trinajstić information content (AvgIpc) is 3.53. The minimum absolute atomic E-state index is 0.109. The first-order chi connectivity index (χ1) is 27.3. The smallest absolute Gasteiger partial charge is 0.305 e. The molecule has 11 heteroatoms. The average molecular weight is 769 g/mol. The highest BCUT2D eigenvalue weighted by atomic mass is 32.2. The van der Waals surface area contributed by atoms with Gasteiger partial charge in [0.15, 0.2) is 0 Å². The Kier molecular flexibility index (Phi) is 11.9. The molecule has 0 aliphatic rings. The monoisotopic (exact) mass is 768 g/mol. The van der Waals surface area contributed by atoms with Crippen molar-refractivity contribution in [3.05, 3.63) is 133 Å². The Morgan fingerprint density at radius 1 is 0.768 bits per heavy atom. The molecular weight excluding hydrogens is 725 g/mol. The zero-order valence-electron chi connectivity index (χ0n) is 31.7. The third-order valence-electron chi connectivity index (χ3n) is 9.89. The molecule has 0 spiro atoms. The molecule has 0 bridgehead atoms. The lowest BCUT2D eigenvalue weighted by Gasteiger charge is -2.14. The van der Waals surface area contributed by atoms with Crippen molar-refractivity contribution >= 4 is 54.4 Å². The Balaban J connectivity index is 1.36. The van der Waals surface area contributed by atoms with Crippen LogP contribution in [0.5, 0.6) is 0 Å². The second-order valence-corrected chi connectivity index (χ2v) is 15.2. The molecule has 0 unspecified atom stereocenters. The van der Waals surface area contributed by atoms with E-state index >= 15 is 0 Å². The van der Waals surface area contributed by atoms with Crippen LogP contribution in [-0.2, 0) is 35.6 Å². The SMILES string of the molecule is COCCOCCn1c2ccc(/C(CCCC(=O)OC)=N/NS(=O)(=O)c3ccc(C)cc3)cc2c2cc(-c3cnc4ccccc4c3-c3ccccc3)ccc21. The quantitative estimate of drug-likeness (QED) is 0.0452. The van der Waals surface area contributed by atoms with Gasteiger partial charge in [0.25, 0.3) is 10.0 Å². The molecule has 0 radical (unpaired) electrons. The summed E-state index contributed by atoms with van der Waals surface area (Å²) >= 11 is 0. The number of sulfonamides is 1. The van der Waals surface area contributed by atoms with E-state index in [2.05, 4.69) is 57.0 Å². The van der Waals surface area contributed by atoms with Crippen LogP contribution in [0, 0.1) is 6.92 Å². The number of carbonyl (C=O) groups excluding carboxylic acids is 1. The predicted octanol–water partition coefficient (Wildman–Crippen LogP) is 8.67. The topological polar surface area (TPSA) is 121 Å². The third-order valence-corrected chi connectivity index (χ3v) is 11.1. The fourth-order valence-electron chi connectivity index (χ4n) is 7.02. The lowest BCUT2D eigenvalue weighted by atomic mass is 9.92. The van der Waals surface area contributed by atoms with Crippen molar-refractivity contribution in [2.45, 2.75) is 37.6 Å². The third kappa shape index (κ3) is 8.35. The number of fused-ring (bicyclic) bond motifs is 4. The number of ether oxygens (including phenoxy) is 3. The summed E-state index contributed by atoms with van der Waals surface area (Å²) in [6.07, 6.45) is 2.86. The Bertz CT molecular complexity index is 2640. The molecule has 2 aromatic heterocycles. The summed E-state index contributed by atoms with van der Waals surface area (Å²) in [6, 6.07) is 37.7. The molecule has 0 saturated heterocycles. The van der Waals surface area contributed by atoms with Gasteiger partial charge < -0.3 is 18.8 Å². The van der Waals surface area contributed by atoms with Crippen molar-refractivity contribution in [3.8, 4) is 22.3 Å². The number of para-hydroxylation sites is 1. The van der Waals surface area contributed by atoms with E-state index in [0.717, 1.165) is 66.1 Å². The number of nitrogens with zero attached hydrogens (tertiary/aromatic N) is 3. The summed E-state index contributed by atoms with van der Waals surface area (Å²) in [4.78, 5) is 19.5. The highest BCUT2D eigenvalue weighted by Crippen LogP contribution is 2.40. The van der Waals surface area contributed by atoms with Gasteiger partial charge in [0.05, 0.1) is 43.1 Å². The Hall–Kier alpha value is -5.88. The summed E-state index contributed by atoms with van der Waals surface area (Å²) in [6.45, 7) is 3.98. The van der Waals surface area contributed by atoms with Crippen LogP contribution in [0.3, 0.4) is 0 Å². The zero-order chi connectivity index (χ0) is 39.1. The normalized spacial score (nSPS) is 12.1. The largest absolute Gasteiger partial charge is 0.469 e. The zero-order valence-corrected chi connectivity index (χ0v) is 32.5. The number of methoxy groups -OCH3 is 2. The second-order valence-electron chi connectivity index (χ2n) is 13.5. The first-order valence-electron chi connectivity index (χ1n) is 18.6. The van der Waals surface area contributed by atoms with Gasteiger partial charge in [0, 0.05) is 64.6 Å². The van der Waals surface area contributed by atoms with Crippen LogP contribution < -0.4 is 4.83 Å². The molecule has 286 valence electrons. The van der Waals surface area contributed by atoms with Gasteiger partial charge in [-0.15, -0.1) is 0 Å². The molecule has 0 fully saturated rings. The molecular formula is C45H44N4O6S. The van der Waals surface area contributed by atoms with Crippen molar-refractivity contribution in [3.63, 3.8) is 0 Å². The number of aromatic nitrogens is 2. The lowest BCUT2D eigenvalue weighted by Crippen LogP contribution is -2.21. The van der Waals surface area contributed by atoms with Crippen LogP contribution in [0.1, 0.15) is 30.4 Å². The second kappa shape index (κ2) is 17.3. The fourth-order valence-corrected chi connectivity index (χ4v) is 7.85. The standard InChI is InChI=1S/C45H44N4O6S/c1-31-16-20-35(21-17-31)56(51,52)48-47-40(14-9-15-44(50)54-3)34-19-23-43-38(29-34)37-28-33(18-22-42(37)49(43)24-25-55-27-26-53-2)39-30-46-41-13-8-7-12-36(41)45(39)32-10-5-4-6-11-32/h4-8,10-13,16-23,28-30,48H,9,14-15,24-27H2,1-3H3/b47-40+. The Labute approximate surface area is 326 Å². The molecule has 56 heavy (non-hydrogen) atoms. The van der Waals surface area contributed by atoms with Crippen molar-refractivity contribution in [1.29, 1.82) is 0 Å². The number of carbonyl (C=O) groups is 1. The number of rotatable bonds is 16. The minimum Gasteiger partial charge on any atom is -0.469 e. The number of aryl methyl sites for hydroxylation is 1. The maximum Gasteiger partial charge on any atom is 0.305 e. The summed E-state index contributed by atoms with van der Waals surface area (Å²) < 4.78 is 44.9. The number of nitrogens with one attached hydrogen (secondary N) is 1. The maximum atomic E-state index is 13.3. The van der Waals surface area contributed by atoms with Crippen LogP contribution in [0.2, 0.25) is 0 Å². The molecule has 10 nitrogen and oxygen atoms in total. The Morgan fingerprint density at radius 2 is 1.50 bits per heavy atom. The van der Waals surface area contributed by atoms with E-state index in [4.69, 9.17) is 19.2 Å². The van der Waals surface area contributed by atoms with Gasteiger partial charge in [0.2, 0.25) is 0 Å². The van der Waals surface area contributed by atoms with Gasteiger partial charge in [-0.2, -0.15) is 18.4 Å². The van der Waals surface area contributed by atoms with Gasteiger partial charge in [-0.05, 0) is 78.9 Å². The van der Waals surface area contributed by atoms with E-state index in [1.165, 1.54) is 7.11 Å². The molecule has 2 heterocycles. The highest BCUT2D eigenvalue weighted by Gasteiger charge is 2.19. The molecule has 0 aliphatic carbocycles. The van der Waals surface area contributed by atoms with E-state index in [9.17, 15) is 13.2 Å². The highest BCUT2D eigenvalue weighted by molar-refractivity contribution is 7.89. The number of benzene rings is 5. The van der Waals surface area contributed by atoms with Crippen LogP contribution in [0.25, 0.3) is 55.0 Å². The first-order valence-corrected chi connectivity index (χ1v) is 20.0. The minimum atomic E-state index is -3.96. The van der Waals surface area contributed by atoms with Crippen molar-refractivity contribution in [2.24, 2.45) is 5.10 Å². The van der Waals surface area contributed by atoms with Gasteiger partial charge >= 0.3 is 5.97 Å². The molecule has 0 aliphatic heterocycles. The maximum absolute atomic E-state index is 13.3. The summed E-state index contributed by atoms with van der Waals surface area (Å²) in [5.41, 5.74) is 9.32. The molecule has 5 aromatic carbocycles. The van der Waals surface area contributed by atoms with Gasteiger partial charge in [-0.3, -0.25) is 9.78 Å². The fraction of sp³-hybridized carbons (Fsp3) is 0.222. The van der Waals surface area contributed by atoms with Crippen LogP contribution >= 0.6 is 0 Å². The first kappa shape index (κ1) is 38.4. The summed E-state index contributed by atoms with van der Waals surface area (Å²) in [5, 5.41) is 7.52. The van der Waals surface area contributed by atoms with E-state index in [1.54, 1.807) is 31.4 Å². The Morgan fingerprint density at radius 3 is 2.27 bits per heavy atom. The number of esters is 1. The van der Waals surface area contributed by atoms with Gasteiger partial charge in [0.1, 0.15) is 0 Å². The molecule has 0 amide bonds. The van der Waals surface area contributed by atoms with Gasteiger partial charge in [-0.25, -0.2) is 0 Å². The molecule has 7 aromatic rings. The van der Waals surface area contributed by atoms with E-state index in [0.29, 0.717) is 44.9 Å². The molecule has 0 saturated carbocycles. The van der Waals surface area contributed by atoms with Gasteiger partial charge in [-0.1, -0.05) is 78.4 Å². The van der Waals surface area contributed by atoms with E-state index < -0.39 is 10.0 Å². The van der Waals surface area contributed by atoms with Crippen molar-refractivity contribution in [2.75, 3.05) is 34.0 Å². The van der Waals surface area contributed by atoms with Crippen LogP contribution in [-0.4, -0.2) is 63.7 Å². The number of hydrogen-bond donors (Lipinski definition) is 1. The summed E-state index contributed by atoms with van der Waals surface area (Å²) in [5.74, 6) is -0.346. The van der Waals surface area contributed by atoms with Crippen LogP contribution in [0.4, 0.5) is 0 Å². The van der Waals surface area contributed by atoms with Crippen LogP contribution in [0.15, 0.2) is 131 Å². The lowest BCUT2D eigenvalue weighted by molar-refractivity contribution is -0.140. The molecule has 1 N–H and O–H groups in total. The van der Waals surface area contributed by atoms with E-state index in [1.807, 2.05) is 61.7 Å².